The molecule has 0 unspecified atom stereocenters. The second-order valence-electron chi connectivity index (χ2n) is 4.19. The van der Waals surface area contributed by atoms with Crippen molar-refractivity contribution in [2.24, 2.45) is 5.10 Å². The Morgan fingerprint density at radius 3 is 2.73 bits per heavy atom. The zero-order chi connectivity index (χ0) is 16.0. The first-order valence-corrected chi connectivity index (χ1v) is 6.53. The van der Waals surface area contributed by atoms with Crippen LogP contribution in [0.5, 0.6) is 0 Å². The first-order valence-electron chi connectivity index (χ1n) is 6.12. The van der Waals surface area contributed by atoms with Crippen molar-refractivity contribution >= 4 is 29.2 Å². The maximum atomic E-state index is 12.6. The van der Waals surface area contributed by atoms with E-state index in [0.717, 1.165) is 17.7 Å². The predicted octanol–water partition coefficient (Wildman–Crippen LogP) is 3.42. The van der Waals surface area contributed by atoms with Gasteiger partial charge in [0.15, 0.2) is 5.11 Å². The van der Waals surface area contributed by atoms with E-state index >= 15 is 0 Å². The zero-order valence-electron chi connectivity index (χ0n) is 11.1. The topological polar surface area (TPSA) is 49.3 Å². The number of alkyl halides is 3. The average Bonchev–Trinajstić information content (AvgIpc) is 2.48. The molecule has 0 radical (unpaired) electrons. The molecule has 0 aliphatic heterocycles. The monoisotopic (exact) mass is 324 g/mol. The van der Waals surface area contributed by atoms with Crippen LogP contribution in [0, 0.1) is 0 Å². The van der Waals surface area contributed by atoms with Gasteiger partial charge in [0.25, 0.3) is 0 Å². The number of anilines is 1. The van der Waals surface area contributed by atoms with Crippen LogP contribution in [0.25, 0.3) is 0 Å². The summed E-state index contributed by atoms with van der Waals surface area (Å²) in [5.74, 6) is 0. The molecule has 22 heavy (non-hydrogen) atoms. The molecule has 0 atom stereocenters. The fourth-order valence-corrected chi connectivity index (χ4v) is 1.72. The van der Waals surface area contributed by atoms with E-state index in [2.05, 4.69) is 20.8 Å². The third-order valence-electron chi connectivity index (χ3n) is 2.51. The van der Waals surface area contributed by atoms with Gasteiger partial charge in [-0.15, -0.1) is 0 Å². The molecular formula is C14H11F3N4S. The Balaban J connectivity index is 1.94. The number of hydrazone groups is 1. The van der Waals surface area contributed by atoms with Crippen molar-refractivity contribution in [3.8, 4) is 0 Å². The van der Waals surface area contributed by atoms with Gasteiger partial charge in [-0.3, -0.25) is 10.4 Å². The number of benzene rings is 1. The van der Waals surface area contributed by atoms with E-state index in [1.807, 2.05) is 0 Å². The largest absolute Gasteiger partial charge is 0.416 e. The van der Waals surface area contributed by atoms with Gasteiger partial charge in [0.1, 0.15) is 0 Å². The summed E-state index contributed by atoms with van der Waals surface area (Å²) >= 11 is 4.96. The lowest BCUT2D eigenvalue weighted by atomic mass is 10.2. The summed E-state index contributed by atoms with van der Waals surface area (Å²) in [4.78, 5) is 3.91. The molecule has 2 aromatic rings. The quantitative estimate of drug-likeness (QED) is 0.516. The fraction of sp³-hybridized carbons (Fsp3) is 0.0714. The highest BCUT2D eigenvalue weighted by Gasteiger charge is 2.30. The van der Waals surface area contributed by atoms with E-state index in [1.165, 1.54) is 18.3 Å². The number of rotatable bonds is 3. The first kappa shape index (κ1) is 15.9. The smallest absolute Gasteiger partial charge is 0.331 e. The Labute approximate surface area is 130 Å². The number of hydrogen-bond donors (Lipinski definition) is 2. The van der Waals surface area contributed by atoms with Gasteiger partial charge >= 0.3 is 6.18 Å². The molecule has 0 amide bonds. The van der Waals surface area contributed by atoms with Crippen molar-refractivity contribution in [2.75, 3.05) is 5.32 Å². The van der Waals surface area contributed by atoms with Crippen LogP contribution in [0.1, 0.15) is 11.1 Å². The minimum absolute atomic E-state index is 0.0828. The van der Waals surface area contributed by atoms with E-state index in [1.54, 1.807) is 24.5 Å². The van der Waals surface area contributed by atoms with Crippen LogP contribution in [0.2, 0.25) is 0 Å². The molecule has 0 saturated carbocycles. The van der Waals surface area contributed by atoms with Gasteiger partial charge in [0.2, 0.25) is 0 Å². The number of hydrogen-bond acceptors (Lipinski definition) is 3. The summed E-state index contributed by atoms with van der Waals surface area (Å²) < 4.78 is 37.8. The minimum Gasteiger partial charge on any atom is -0.331 e. The Morgan fingerprint density at radius 2 is 2.05 bits per heavy atom. The van der Waals surface area contributed by atoms with E-state index in [4.69, 9.17) is 12.2 Å². The Hall–Kier alpha value is -2.48. The number of pyridine rings is 1. The maximum Gasteiger partial charge on any atom is 0.416 e. The maximum absolute atomic E-state index is 12.6. The molecule has 0 fully saturated rings. The van der Waals surface area contributed by atoms with Crippen LogP contribution in [-0.4, -0.2) is 16.3 Å². The van der Waals surface area contributed by atoms with Crippen molar-refractivity contribution in [1.29, 1.82) is 0 Å². The first-order chi connectivity index (χ1) is 10.4. The minimum atomic E-state index is -4.40. The summed E-state index contributed by atoms with van der Waals surface area (Å²) in [5.41, 5.74) is 2.75. The molecule has 0 saturated heterocycles. The molecule has 1 heterocycles. The summed E-state index contributed by atoms with van der Waals surface area (Å²) in [7, 11) is 0. The molecule has 0 spiro atoms. The molecule has 8 heteroatoms. The van der Waals surface area contributed by atoms with Crippen molar-refractivity contribution in [1.82, 2.24) is 10.4 Å². The SMILES string of the molecule is FC(F)(F)c1cccc(NC(=S)N/N=C/c2cccnc2)c1. The Bertz CT molecular complexity index is 671. The number of aromatic nitrogens is 1. The van der Waals surface area contributed by atoms with Crippen LogP contribution in [0.4, 0.5) is 18.9 Å². The molecule has 0 aliphatic carbocycles. The molecule has 1 aromatic heterocycles. The standard InChI is InChI=1S/C14H11F3N4S/c15-14(16,17)11-4-1-5-12(7-11)20-13(22)21-19-9-10-3-2-6-18-8-10/h1-9H,(H2,20,21,22)/b19-9+. The second kappa shape index (κ2) is 6.99. The van der Waals surface area contributed by atoms with Crippen LogP contribution in [-0.2, 0) is 6.18 Å². The zero-order valence-corrected chi connectivity index (χ0v) is 11.9. The van der Waals surface area contributed by atoms with Gasteiger partial charge in [0.05, 0.1) is 11.8 Å². The predicted molar refractivity (Wildman–Crippen MR) is 82.6 cm³/mol. The summed E-state index contributed by atoms with van der Waals surface area (Å²) in [5, 5.41) is 6.58. The van der Waals surface area contributed by atoms with Gasteiger partial charge < -0.3 is 5.32 Å². The van der Waals surface area contributed by atoms with Crippen LogP contribution in [0.3, 0.4) is 0 Å². The van der Waals surface area contributed by atoms with Crippen molar-refractivity contribution in [3.63, 3.8) is 0 Å². The van der Waals surface area contributed by atoms with Gasteiger partial charge in [-0.1, -0.05) is 12.1 Å². The lowest BCUT2D eigenvalue weighted by Gasteiger charge is -2.10. The molecule has 0 aliphatic rings. The number of nitrogens with zero attached hydrogens (tertiary/aromatic N) is 2. The molecule has 114 valence electrons. The summed E-state index contributed by atoms with van der Waals surface area (Å²) in [6.07, 6.45) is 0.331. The van der Waals surface area contributed by atoms with E-state index < -0.39 is 11.7 Å². The van der Waals surface area contributed by atoms with E-state index in [9.17, 15) is 13.2 Å². The van der Waals surface area contributed by atoms with Gasteiger partial charge in [-0.05, 0) is 36.5 Å². The second-order valence-corrected chi connectivity index (χ2v) is 4.60. The molecule has 2 rings (SSSR count). The molecule has 1 aromatic carbocycles. The highest BCUT2D eigenvalue weighted by molar-refractivity contribution is 7.80. The highest BCUT2D eigenvalue weighted by atomic mass is 32.1. The van der Waals surface area contributed by atoms with Crippen molar-refractivity contribution in [3.05, 3.63) is 59.9 Å². The summed E-state index contributed by atoms with van der Waals surface area (Å²) in [6, 6.07) is 8.28. The van der Waals surface area contributed by atoms with Crippen molar-refractivity contribution in [2.45, 2.75) is 6.18 Å². The van der Waals surface area contributed by atoms with Gasteiger partial charge in [-0.25, -0.2) is 0 Å². The number of halogens is 3. The molecule has 0 bridgehead atoms. The van der Waals surface area contributed by atoms with Crippen LogP contribution < -0.4 is 10.7 Å². The van der Waals surface area contributed by atoms with Crippen molar-refractivity contribution < 1.29 is 13.2 Å². The molecule has 2 N–H and O–H groups in total. The molecular weight excluding hydrogens is 313 g/mol. The highest BCUT2D eigenvalue weighted by Crippen LogP contribution is 2.30. The lowest BCUT2D eigenvalue weighted by molar-refractivity contribution is -0.137. The number of nitrogens with one attached hydrogen (secondary N) is 2. The van der Waals surface area contributed by atoms with Gasteiger partial charge in [0, 0.05) is 23.6 Å². The lowest BCUT2D eigenvalue weighted by Crippen LogP contribution is -2.24. The average molecular weight is 324 g/mol. The third-order valence-corrected chi connectivity index (χ3v) is 2.71. The summed E-state index contributed by atoms with van der Waals surface area (Å²) in [6.45, 7) is 0. The molecule has 4 nitrogen and oxygen atoms in total. The van der Waals surface area contributed by atoms with Gasteiger partial charge in [-0.2, -0.15) is 18.3 Å². The van der Waals surface area contributed by atoms with E-state index in [0.29, 0.717) is 0 Å². The van der Waals surface area contributed by atoms with Crippen LogP contribution in [0.15, 0.2) is 53.9 Å². The Kier molecular flexibility index (Phi) is 5.05. The van der Waals surface area contributed by atoms with E-state index in [-0.39, 0.29) is 10.8 Å². The fourth-order valence-electron chi connectivity index (χ4n) is 1.55. The normalized spacial score (nSPS) is 11.4. The van der Waals surface area contributed by atoms with Crippen LogP contribution >= 0.6 is 12.2 Å². The Morgan fingerprint density at radius 1 is 1.23 bits per heavy atom. The third kappa shape index (κ3) is 4.81. The number of thiocarbonyl (C=S) groups is 1.